The van der Waals surface area contributed by atoms with E-state index in [1.807, 2.05) is 49.4 Å². The molecule has 0 heterocycles. The fraction of sp³-hybridized carbons (Fsp3) is 0.200. The Hall–Kier alpha value is -2.88. The second-order valence-electron chi connectivity index (χ2n) is 5.93. The molecule has 1 aliphatic carbocycles. The summed E-state index contributed by atoms with van der Waals surface area (Å²) in [5.74, 6) is 0.146. The van der Waals surface area contributed by atoms with Gasteiger partial charge in [-0.15, -0.1) is 0 Å². The lowest BCUT2D eigenvalue weighted by Crippen LogP contribution is -2.26. The van der Waals surface area contributed by atoms with E-state index in [2.05, 4.69) is 5.32 Å². The molecule has 0 saturated carbocycles. The van der Waals surface area contributed by atoms with Crippen molar-refractivity contribution >= 4 is 23.1 Å². The van der Waals surface area contributed by atoms with Crippen molar-refractivity contribution in [3.8, 4) is 0 Å². The number of rotatable bonds is 4. The summed E-state index contributed by atoms with van der Waals surface area (Å²) in [4.78, 5) is 25.8. The van der Waals surface area contributed by atoms with Gasteiger partial charge in [0.05, 0.1) is 0 Å². The molecule has 0 unspecified atom stereocenters. The molecule has 1 N–H and O–H groups in total. The van der Waals surface area contributed by atoms with Crippen molar-refractivity contribution in [1.82, 2.24) is 0 Å². The van der Waals surface area contributed by atoms with Gasteiger partial charge in [-0.3, -0.25) is 9.59 Å². The van der Waals surface area contributed by atoms with Crippen LogP contribution in [0.4, 0.5) is 11.4 Å². The topological polar surface area (TPSA) is 49.4 Å². The standard InChI is InChI=1S/C20H20N2O2/c1-14-18(12-13-19(14)23)21-16-10-8-15(9-11-16)20(24)22(2)17-6-4-3-5-7-17/h3-11,21H,12-13H2,1-2H3. The first kappa shape index (κ1) is 16.0. The summed E-state index contributed by atoms with van der Waals surface area (Å²) in [5, 5.41) is 3.28. The number of para-hydroxylation sites is 1. The third kappa shape index (κ3) is 3.23. The van der Waals surface area contributed by atoms with Crippen LogP contribution in [0.5, 0.6) is 0 Å². The summed E-state index contributed by atoms with van der Waals surface area (Å²) in [7, 11) is 1.77. The summed E-state index contributed by atoms with van der Waals surface area (Å²) in [5.41, 5.74) is 4.15. The first-order valence-electron chi connectivity index (χ1n) is 7.99. The molecular formula is C20H20N2O2. The lowest BCUT2D eigenvalue weighted by atomic mass is 10.1. The highest BCUT2D eigenvalue weighted by atomic mass is 16.2. The lowest BCUT2D eigenvalue weighted by Gasteiger charge is -2.17. The maximum absolute atomic E-state index is 12.5. The minimum absolute atomic E-state index is 0.0563. The molecule has 4 heteroatoms. The van der Waals surface area contributed by atoms with E-state index in [4.69, 9.17) is 0 Å². The molecule has 3 rings (SSSR count). The number of anilines is 2. The predicted molar refractivity (Wildman–Crippen MR) is 96.2 cm³/mol. The Bertz CT molecular complexity index is 792. The molecule has 2 aromatic carbocycles. The van der Waals surface area contributed by atoms with Crippen molar-refractivity contribution in [3.05, 3.63) is 71.4 Å². The smallest absolute Gasteiger partial charge is 0.258 e. The Morgan fingerprint density at radius 1 is 1.00 bits per heavy atom. The van der Waals surface area contributed by atoms with Crippen LogP contribution in [0, 0.1) is 0 Å². The van der Waals surface area contributed by atoms with Gasteiger partial charge in [-0.05, 0) is 49.7 Å². The van der Waals surface area contributed by atoms with Gasteiger partial charge in [-0.25, -0.2) is 0 Å². The van der Waals surface area contributed by atoms with Crippen molar-refractivity contribution in [3.63, 3.8) is 0 Å². The van der Waals surface area contributed by atoms with E-state index in [0.717, 1.165) is 29.1 Å². The van der Waals surface area contributed by atoms with Crippen LogP contribution in [0.1, 0.15) is 30.1 Å². The SMILES string of the molecule is CC1=C(Nc2ccc(C(=O)N(C)c3ccccc3)cc2)CCC1=O. The molecule has 0 spiro atoms. The second kappa shape index (κ2) is 6.71. The lowest BCUT2D eigenvalue weighted by molar-refractivity contribution is -0.114. The van der Waals surface area contributed by atoms with Crippen LogP contribution in [0.3, 0.4) is 0 Å². The first-order chi connectivity index (χ1) is 11.6. The zero-order valence-corrected chi connectivity index (χ0v) is 13.9. The summed E-state index contributed by atoms with van der Waals surface area (Å²) in [6.45, 7) is 1.85. The third-order valence-electron chi connectivity index (χ3n) is 4.35. The number of allylic oxidation sites excluding steroid dienone is 2. The average Bonchev–Trinajstić information content (AvgIpc) is 2.94. The Labute approximate surface area is 141 Å². The van der Waals surface area contributed by atoms with E-state index >= 15 is 0 Å². The van der Waals surface area contributed by atoms with Crippen LogP contribution < -0.4 is 10.2 Å². The van der Waals surface area contributed by atoms with E-state index < -0.39 is 0 Å². The van der Waals surface area contributed by atoms with E-state index in [0.29, 0.717) is 12.0 Å². The number of nitrogens with zero attached hydrogens (tertiary/aromatic N) is 1. The Balaban J connectivity index is 1.73. The van der Waals surface area contributed by atoms with Crippen molar-refractivity contribution in [2.24, 2.45) is 0 Å². The predicted octanol–water partition coefficient (Wildman–Crippen LogP) is 4.01. The minimum atomic E-state index is -0.0563. The molecular weight excluding hydrogens is 300 g/mol. The minimum Gasteiger partial charge on any atom is -0.359 e. The molecule has 122 valence electrons. The fourth-order valence-corrected chi connectivity index (χ4v) is 2.77. The van der Waals surface area contributed by atoms with E-state index in [-0.39, 0.29) is 11.7 Å². The Morgan fingerprint density at radius 3 is 2.25 bits per heavy atom. The molecule has 0 saturated heterocycles. The van der Waals surface area contributed by atoms with Crippen LogP contribution in [-0.2, 0) is 4.79 Å². The first-order valence-corrected chi connectivity index (χ1v) is 7.99. The summed E-state index contributed by atoms with van der Waals surface area (Å²) < 4.78 is 0. The van der Waals surface area contributed by atoms with Gasteiger partial charge in [-0.2, -0.15) is 0 Å². The van der Waals surface area contributed by atoms with Crippen LogP contribution in [-0.4, -0.2) is 18.7 Å². The van der Waals surface area contributed by atoms with Gasteiger partial charge in [0, 0.05) is 41.7 Å². The number of benzene rings is 2. The molecule has 0 fully saturated rings. The number of Topliss-reactive ketones (excluding diaryl/α,β-unsaturated/α-hetero) is 1. The third-order valence-corrected chi connectivity index (χ3v) is 4.35. The maximum atomic E-state index is 12.5. The Kier molecular flexibility index (Phi) is 4.47. The van der Waals surface area contributed by atoms with Crippen LogP contribution in [0.25, 0.3) is 0 Å². The van der Waals surface area contributed by atoms with Gasteiger partial charge in [0.1, 0.15) is 0 Å². The largest absolute Gasteiger partial charge is 0.359 e. The molecule has 0 aromatic heterocycles. The molecule has 0 radical (unpaired) electrons. The van der Waals surface area contributed by atoms with Crippen molar-refractivity contribution < 1.29 is 9.59 Å². The number of hydrogen-bond donors (Lipinski definition) is 1. The molecule has 1 aliphatic rings. The molecule has 24 heavy (non-hydrogen) atoms. The summed E-state index contributed by atoms with van der Waals surface area (Å²) in [6, 6.07) is 16.9. The van der Waals surface area contributed by atoms with Gasteiger partial charge in [0.2, 0.25) is 0 Å². The van der Waals surface area contributed by atoms with Gasteiger partial charge in [0.25, 0.3) is 5.91 Å². The number of carbonyl (C=O) groups is 2. The van der Waals surface area contributed by atoms with E-state index in [1.165, 1.54) is 0 Å². The van der Waals surface area contributed by atoms with Crippen LogP contribution >= 0.6 is 0 Å². The zero-order valence-electron chi connectivity index (χ0n) is 13.9. The zero-order chi connectivity index (χ0) is 17.1. The van der Waals surface area contributed by atoms with Crippen molar-refractivity contribution in [1.29, 1.82) is 0 Å². The van der Waals surface area contributed by atoms with Gasteiger partial charge in [0.15, 0.2) is 5.78 Å². The summed E-state index contributed by atoms with van der Waals surface area (Å²) >= 11 is 0. The fourth-order valence-electron chi connectivity index (χ4n) is 2.77. The highest BCUT2D eigenvalue weighted by Gasteiger charge is 2.19. The molecule has 0 atom stereocenters. The van der Waals surface area contributed by atoms with Gasteiger partial charge in [-0.1, -0.05) is 18.2 Å². The normalized spacial score (nSPS) is 14.0. The quantitative estimate of drug-likeness (QED) is 0.926. The number of amides is 1. The van der Waals surface area contributed by atoms with Crippen LogP contribution in [0.2, 0.25) is 0 Å². The highest BCUT2D eigenvalue weighted by molar-refractivity contribution is 6.06. The number of nitrogens with one attached hydrogen (secondary N) is 1. The molecule has 1 amide bonds. The van der Waals surface area contributed by atoms with Gasteiger partial charge < -0.3 is 10.2 Å². The Morgan fingerprint density at radius 2 is 1.67 bits per heavy atom. The molecule has 4 nitrogen and oxygen atoms in total. The average molecular weight is 320 g/mol. The number of carbonyl (C=O) groups excluding carboxylic acids is 2. The van der Waals surface area contributed by atoms with E-state index in [1.54, 1.807) is 24.1 Å². The second-order valence-corrected chi connectivity index (χ2v) is 5.93. The van der Waals surface area contributed by atoms with Crippen LogP contribution in [0.15, 0.2) is 65.9 Å². The highest BCUT2D eigenvalue weighted by Crippen LogP contribution is 2.24. The summed E-state index contributed by atoms with van der Waals surface area (Å²) in [6.07, 6.45) is 1.33. The number of ketones is 1. The van der Waals surface area contributed by atoms with E-state index in [9.17, 15) is 9.59 Å². The van der Waals surface area contributed by atoms with Crippen molar-refractivity contribution in [2.75, 3.05) is 17.3 Å². The molecule has 2 aromatic rings. The monoisotopic (exact) mass is 320 g/mol. The molecule has 0 bridgehead atoms. The van der Waals surface area contributed by atoms with Crippen molar-refractivity contribution in [2.45, 2.75) is 19.8 Å². The maximum Gasteiger partial charge on any atom is 0.258 e. The number of hydrogen-bond acceptors (Lipinski definition) is 3. The molecule has 0 aliphatic heterocycles. The van der Waals surface area contributed by atoms with Gasteiger partial charge >= 0.3 is 0 Å².